The molecule has 0 aromatic carbocycles. The summed E-state index contributed by atoms with van der Waals surface area (Å²) in [6.45, 7) is 3.06. The van der Waals surface area contributed by atoms with Crippen LogP contribution < -0.4 is 4.72 Å². The fraction of sp³-hybridized carbons (Fsp3) is 0.444. The largest absolute Gasteiger partial charge is 0.481 e. The second-order valence-electron chi connectivity index (χ2n) is 4.12. The van der Waals surface area contributed by atoms with E-state index in [0.717, 1.165) is 11.3 Å². The highest BCUT2D eigenvalue weighted by atomic mass is 79.9. The van der Waals surface area contributed by atoms with Crippen molar-refractivity contribution in [1.82, 2.24) is 4.72 Å². The number of hydrogen-bond donors (Lipinski definition) is 2. The van der Waals surface area contributed by atoms with Crippen molar-refractivity contribution in [3.8, 4) is 0 Å². The van der Waals surface area contributed by atoms with Crippen LogP contribution >= 0.6 is 27.3 Å². The van der Waals surface area contributed by atoms with E-state index in [1.165, 1.54) is 19.9 Å². The van der Waals surface area contributed by atoms with E-state index in [-0.39, 0.29) is 10.6 Å². The summed E-state index contributed by atoms with van der Waals surface area (Å²) in [6, 6.07) is 3.09. The summed E-state index contributed by atoms with van der Waals surface area (Å²) in [5.74, 6) is -1.05. The lowest BCUT2D eigenvalue weighted by Crippen LogP contribution is -2.44. The molecule has 17 heavy (non-hydrogen) atoms. The topological polar surface area (TPSA) is 83.5 Å². The van der Waals surface area contributed by atoms with E-state index < -0.39 is 21.5 Å². The monoisotopic (exact) mass is 341 g/mol. The number of sulfonamides is 1. The van der Waals surface area contributed by atoms with Gasteiger partial charge < -0.3 is 5.11 Å². The number of hydrogen-bond acceptors (Lipinski definition) is 4. The molecule has 2 N–H and O–H groups in total. The molecule has 96 valence electrons. The first-order valence-corrected chi connectivity index (χ1v) is 7.73. The van der Waals surface area contributed by atoms with Crippen molar-refractivity contribution in [3.63, 3.8) is 0 Å². The van der Waals surface area contributed by atoms with E-state index in [1.807, 2.05) is 0 Å². The Morgan fingerprint density at radius 3 is 2.53 bits per heavy atom. The van der Waals surface area contributed by atoms with Crippen molar-refractivity contribution in [2.75, 3.05) is 0 Å². The molecule has 0 fully saturated rings. The lowest BCUT2D eigenvalue weighted by molar-refractivity contribution is -0.138. The third-order valence-corrected chi connectivity index (χ3v) is 5.63. The number of halogens is 1. The average molecular weight is 342 g/mol. The van der Waals surface area contributed by atoms with Gasteiger partial charge in [0.2, 0.25) is 0 Å². The molecular formula is C9H12BrNO4S2. The number of thiophene rings is 1. The highest BCUT2D eigenvalue weighted by Gasteiger charge is 2.29. The molecule has 1 aromatic heterocycles. The van der Waals surface area contributed by atoms with Crippen LogP contribution in [-0.2, 0) is 14.8 Å². The number of carboxylic acid groups (broad SMARTS) is 1. The Hall–Kier alpha value is -0.440. The van der Waals surface area contributed by atoms with Crippen LogP contribution in [0, 0.1) is 0 Å². The van der Waals surface area contributed by atoms with Crippen molar-refractivity contribution in [3.05, 3.63) is 15.9 Å². The maximum absolute atomic E-state index is 11.9. The summed E-state index contributed by atoms with van der Waals surface area (Å²) in [5.41, 5.74) is -1.03. The van der Waals surface area contributed by atoms with Gasteiger partial charge in [-0.15, -0.1) is 11.3 Å². The van der Waals surface area contributed by atoms with Gasteiger partial charge in [0, 0.05) is 5.54 Å². The minimum Gasteiger partial charge on any atom is -0.481 e. The van der Waals surface area contributed by atoms with Crippen molar-refractivity contribution in [2.45, 2.75) is 30.0 Å². The summed E-state index contributed by atoms with van der Waals surface area (Å²) in [4.78, 5) is 10.6. The van der Waals surface area contributed by atoms with E-state index in [0.29, 0.717) is 3.79 Å². The van der Waals surface area contributed by atoms with Crippen molar-refractivity contribution in [2.24, 2.45) is 0 Å². The van der Waals surface area contributed by atoms with E-state index in [2.05, 4.69) is 20.7 Å². The Labute approximate surface area is 112 Å². The predicted octanol–water partition coefficient (Wildman–Crippen LogP) is 2.04. The zero-order chi connectivity index (χ0) is 13.3. The van der Waals surface area contributed by atoms with Crippen molar-refractivity contribution in [1.29, 1.82) is 0 Å². The Morgan fingerprint density at radius 2 is 2.12 bits per heavy atom. The van der Waals surface area contributed by atoms with Crippen LogP contribution in [0.3, 0.4) is 0 Å². The lowest BCUT2D eigenvalue weighted by atomic mass is 10.0. The first-order valence-electron chi connectivity index (χ1n) is 4.63. The van der Waals surface area contributed by atoms with Gasteiger partial charge in [0.25, 0.3) is 10.0 Å². The lowest BCUT2D eigenvalue weighted by Gasteiger charge is -2.23. The Balaban J connectivity index is 2.90. The molecule has 5 nitrogen and oxygen atoms in total. The van der Waals surface area contributed by atoms with Crippen molar-refractivity contribution >= 4 is 43.3 Å². The molecule has 1 rings (SSSR count). The third kappa shape index (κ3) is 4.38. The maximum atomic E-state index is 11.9. The van der Waals surface area contributed by atoms with Crippen LogP contribution in [0.4, 0.5) is 0 Å². The molecule has 1 heterocycles. The van der Waals surface area contributed by atoms with Gasteiger partial charge in [0.05, 0.1) is 10.2 Å². The van der Waals surface area contributed by atoms with E-state index >= 15 is 0 Å². The molecule has 0 saturated heterocycles. The number of nitrogens with one attached hydrogen (secondary N) is 1. The highest BCUT2D eigenvalue weighted by molar-refractivity contribution is 9.11. The van der Waals surface area contributed by atoms with Gasteiger partial charge >= 0.3 is 5.97 Å². The summed E-state index contributed by atoms with van der Waals surface area (Å²) < 4.78 is 27.1. The quantitative estimate of drug-likeness (QED) is 0.858. The van der Waals surface area contributed by atoms with Crippen LogP contribution in [0.1, 0.15) is 20.3 Å². The Morgan fingerprint density at radius 1 is 1.53 bits per heavy atom. The van der Waals surface area contributed by atoms with Gasteiger partial charge in [0.15, 0.2) is 0 Å². The fourth-order valence-corrected chi connectivity index (χ4v) is 4.69. The molecule has 0 amide bonds. The van der Waals surface area contributed by atoms with Crippen LogP contribution in [0.2, 0.25) is 0 Å². The minimum absolute atomic E-state index is 0.155. The van der Waals surface area contributed by atoms with Crippen LogP contribution in [-0.4, -0.2) is 25.0 Å². The SMILES string of the molecule is CC(C)(CC(=O)O)NS(=O)(=O)c1ccc(Br)s1. The second kappa shape index (κ2) is 5.05. The van der Waals surface area contributed by atoms with Crippen LogP contribution in [0.25, 0.3) is 0 Å². The van der Waals surface area contributed by atoms with Crippen LogP contribution in [0.15, 0.2) is 20.1 Å². The number of carboxylic acids is 1. The zero-order valence-electron chi connectivity index (χ0n) is 9.23. The smallest absolute Gasteiger partial charge is 0.305 e. The van der Waals surface area contributed by atoms with Gasteiger partial charge in [-0.25, -0.2) is 13.1 Å². The highest BCUT2D eigenvalue weighted by Crippen LogP contribution is 2.27. The zero-order valence-corrected chi connectivity index (χ0v) is 12.4. The molecule has 8 heteroatoms. The number of aliphatic carboxylic acids is 1. The summed E-state index contributed by atoms with van der Waals surface area (Å²) in [7, 11) is -3.67. The fourth-order valence-electron chi connectivity index (χ4n) is 1.27. The summed E-state index contributed by atoms with van der Waals surface area (Å²) >= 11 is 4.25. The van der Waals surface area contributed by atoms with E-state index in [9.17, 15) is 13.2 Å². The third-order valence-electron chi connectivity index (χ3n) is 1.82. The molecule has 0 unspecified atom stereocenters. The Kier molecular flexibility index (Phi) is 4.34. The molecule has 0 aliphatic carbocycles. The second-order valence-corrected chi connectivity index (χ2v) is 8.49. The predicted molar refractivity (Wildman–Crippen MR) is 68.7 cm³/mol. The summed E-state index contributed by atoms with van der Waals surface area (Å²) in [6.07, 6.45) is -0.279. The molecule has 0 aliphatic heterocycles. The minimum atomic E-state index is -3.67. The number of carbonyl (C=O) groups is 1. The molecular weight excluding hydrogens is 330 g/mol. The average Bonchev–Trinajstić information content (AvgIpc) is 2.46. The van der Waals surface area contributed by atoms with Gasteiger partial charge in [-0.2, -0.15) is 0 Å². The van der Waals surface area contributed by atoms with Crippen LogP contribution in [0.5, 0.6) is 0 Å². The first-order chi connectivity index (χ1) is 7.62. The maximum Gasteiger partial charge on any atom is 0.305 e. The molecule has 0 bridgehead atoms. The Bertz CT molecular complexity index is 521. The van der Waals surface area contributed by atoms with Gasteiger partial charge in [-0.1, -0.05) is 0 Å². The molecule has 0 spiro atoms. The normalized spacial score (nSPS) is 12.6. The first kappa shape index (κ1) is 14.6. The molecule has 0 saturated carbocycles. The molecule has 0 radical (unpaired) electrons. The summed E-state index contributed by atoms with van der Waals surface area (Å²) in [5, 5.41) is 8.68. The van der Waals surface area contributed by atoms with Gasteiger partial charge in [0.1, 0.15) is 4.21 Å². The molecule has 0 atom stereocenters. The van der Waals surface area contributed by atoms with E-state index in [1.54, 1.807) is 6.07 Å². The standard InChI is InChI=1S/C9H12BrNO4S2/c1-9(2,5-7(12)13)11-17(14,15)8-4-3-6(10)16-8/h3-4,11H,5H2,1-2H3,(H,12,13). The van der Waals surface area contributed by atoms with Gasteiger partial charge in [-0.3, -0.25) is 4.79 Å². The molecule has 1 aromatic rings. The number of rotatable bonds is 5. The molecule has 0 aliphatic rings. The van der Waals surface area contributed by atoms with Crippen molar-refractivity contribution < 1.29 is 18.3 Å². The van der Waals surface area contributed by atoms with E-state index in [4.69, 9.17) is 5.11 Å². The van der Waals surface area contributed by atoms with Gasteiger partial charge in [-0.05, 0) is 41.9 Å².